The quantitative estimate of drug-likeness (QED) is 0.455. The molecule has 1 aromatic carbocycles. The zero-order valence-corrected chi connectivity index (χ0v) is 14.5. The van der Waals surface area contributed by atoms with Gasteiger partial charge in [-0.1, -0.05) is 11.6 Å². The van der Waals surface area contributed by atoms with Gasteiger partial charge in [-0.25, -0.2) is 4.79 Å². The molecule has 3 aliphatic heterocycles. The number of alkyl carbamates (subject to hydrolysis) is 1. The number of non-ortho nitro benzene ring substituents is 1. The number of fused-ring (bicyclic) bond motifs is 3. The van der Waals surface area contributed by atoms with E-state index in [4.69, 9.17) is 16.3 Å². The van der Waals surface area contributed by atoms with Gasteiger partial charge in [0, 0.05) is 31.8 Å². The summed E-state index contributed by atoms with van der Waals surface area (Å²) in [6.45, 7) is 3.84. The number of carbonyl (C=O) groups is 1. The first-order chi connectivity index (χ1) is 12.0. The van der Waals surface area contributed by atoms with Gasteiger partial charge in [-0.3, -0.25) is 15.0 Å². The van der Waals surface area contributed by atoms with Gasteiger partial charge in [-0.15, -0.1) is 0 Å². The van der Waals surface area contributed by atoms with Crippen LogP contribution in [0, 0.1) is 16.0 Å². The number of rotatable bonds is 6. The number of ether oxygens (including phenoxy) is 1. The van der Waals surface area contributed by atoms with Gasteiger partial charge >= 0.3 is 6.09 Å². The molecule has 1 atom stereocenters. The topological polar surface area (TPSA) is 96.7 Å². The molecule has 9 heteroatoms. The monoisotopic (exact) mass is 368 g/mol. The van der Waals surface area contributed by atoms with E-state index in [1.54, 1.807) is 6.07 Å². The predicted molar refractivity (Wildman–Crippen MR) is 94.0 cm³/mol. The van der Waals surface area contributed by atoms with Crippen molar-refractivity contribution in [3.05, 3.63) is 33.3 Å². The van der Waals surface area contributed by atoms with Crippen molar-refractivity contribution < 1.29 is 14.5 Å². The van der Waals surface area contributed by atoms with Crippen LogP contribution in [0.4, 0.5) is 16.2 Å². The van der Waals surface area contributed by atoms with Gasteiger partial charge < -0.3 is 15.4 Å². The Labute approximate surface area is 150 Å². The third kappa shape index (κ3) is 4.52. The van der Waals surface area contributed by atoms with Gasteiger partial charge in [-0.05, 0) is 37.9 Å². The van der Waals surface area contributed by atoms with E-state index in [0.717, 1.165) is 32.5 Å². The van der Waals surface area contributed by atoms with E-state index in [1.165, 1.54) is 12.1 Å². The van der Waals surface area contributed by atoms with Gasteiger partial charge in [0.1, 0.15) is 6.10 Å². The van der Waals surface area contributed by atoms with E-state index in [1.807, 2.05) is 0 Å². The third-order valence-corrected chi connectivity index (χ3v) is 5.04. The molecule has 0 aromatic heterocycles. The smallest absolute Gasteiger partial charge is 0.407 e. The van der Waals surface area contributed by atoms with E-state index < -0.39 is 11.0 Å². The van der Waals surface area contributed by atoms with Crippen LogP contribution in [0.2, 0.25) is 5.02 Å². The fourth-order valence-corrected chi connectivity index (χ4v) is 3.59. The Morgan fingerprint density at radius 1 is 1.36 bits per heavy atom. The van der Waals surface area contributed by atoms with E-state index in [0.29, 0.717) is 24.7 Å². The lowest BCUT2D eigenvalue weighted by atomic mass is 9.86. The van der Waals surface area contributed by atoms with Crippen molar-refractivity contribution in [3.63, 3.8) is 0 Å². The Bertz CT molecular complexity index is 649. The van der Waals surface area contributed by atoms with Crippen LogP contribution < -0.4 is 10.6 Å². The maximum atomic E-state index is 11.9. The first-order valence-electron chi connectivity index (χ1n) is 8.37. The average molecular weight is 369 g/mol. The lowest BCUT2D eigenvalue weighted by Crippen LogP contribution is -2.52. The summed E-state index contributed by atoms with van der Waals surface area (Å²) in [6.07, 6.45) is 1.77. The van der Waals surface area contributed by atoms with Crippen LogP contribution >= 0.6 is 11.6 Å². The highest BCUT2D eigenvalue weighted by atomic mass is 35.5. The highest BCUT2D eigenvalue weighted by molar-refractivity contribution is 6.33. The predicted octanol–water partition coefficient (Wildman–Crippen LogP) is 2.48. The number of nitro groups is 1. The number of hydrogen-bond donors (Lipinski definition) is 2. The van der Waals surface area contributed by atoms with Crippen molar-refractivity contribution in [2.45, 2.75) is 18.9 Å². The van der Waals surface area contributed by atoms with E-state index in [2.05, 4.69) is 15.5 Å². The molecule has 3 heterocycles. The fourth-order valence-electron chi connectivity index (χ4n) is 3.35. The van der Waals surface area contributed by atoms with Gasteiger partial charge in [-0.2, -0.15) is 0 Å². The van der Waals surface area contributed by atoms with Gasteiger partial charge in [0.2, 0.25) is 0 Å². The Balaban J connectivity index is 1.38. The fraction of sp³-hybridized carbons (Fsp3) is 0.562. The number of halogens is 1. The van der Waals surface area contributed by atoms with Crippen LogP contribution in [0.5, 0.6) is 0 Å². The molecule has 0 radical (unpaired) electrons. The highest BCUT2D eigenvalue weighted by Gasteiger charge is 2.36. The molecule has 1 aromatic rings. The molecule has 3 saturated heterocycles. The van der Waals surface area contributed by atoms with Crippen molar-refractivity contribution in [2.24, 2.45) is 5.92 Å². The Hall–Kier alpha value is -2.06. The van der Waals surface area contributed by atoms with Gasteiger partial charge in [0.25, 0.3) is 5.69 Å². The van der Waals surface area contributed by atoms with Crippen molar-refractivity contribution in [1.82, 2.24) is 10.2 Å². The normalized spacial score (nSPS) is 24.6. The maximum Gasteiger partial charge on any atom is 0.407 e. The number of nitrogens with zero attached hydrogens (tertiary/aromatic N) is 2. The van der Waals surface area contributed by atoms with Crippen molar-refractivity contribution >= 4 is 29.1 Å². The molecule has 3 aliphatic rings. The molecule has 136 valence electrons. The van der Waals surface area contributed by atoms with E-state index in [-0.39, 0.29) is 16.8 Å². The molecule has 2 N–H and O–H groups in total. The second kappa shape index (κ2) is 7.88. The van der Waals surface area contributed by atoms with Crippen LogP contribution in [-0.4, -0.2) is 54.7 Å². The standard InChI is InChI=1S/C16H21ClN4O4/c17-13-9-12(21(23)24)1-2-14(13)18-5-6-19-16(22)25-15-10-20-7-3-11(15)4-8-20/h1-2,9,11,15,18H,3-8,10H2,(H,19,22)/t15-/m1/s1. The number of piperidine rings is 3. The molecule has 0 unspecified atom stereocenters. The average Bonchev–Trinajstić information content (AvgIpc) is 2.60. The Morgan fingerprint density at radius 3 is 2.72 bits per heavy atom. The molecule has 1 amide bonds. The molecule has 8 nitrogen and oxygen atoms in total. The van der Waals surface area contributed by atoms with E-state index >= 15 is 0 Å². The number of carbonyl (C=O) groups excluding carboxylic acids is 1. The summed E-state index contributed by atoms with van der Waals surface area (Å²) in [7, 11) is 0. The number of anilines is 1. The molecule has 2 bridgehead atoms. The zero-order valence-electron chi connectivity index (χ0n) is 13.7. The van der Waals surface area contributed by atoms with Crippen LogP contribution in [0.15, 0.2) is 18.2 Å². The SMILES string of the molecule is O=C(NCCNc1ccc([N+](=O)[O-])cc1Cl)O[C@@H]1CN2CCC1CC2. The molecule has 25 heavy (non-hydrogen) atoms. The first kappa shape index (κ1) is 17.8. The maximum absolute atomic E-state index is 11.9. The largest absolute Gasteiger partial charge is 0.445 e. The molecule has 0 spiro atoms. The second-order valence-electron chi connectivity index (χ2n) is 6.36. The van der Waals surface area contributed by atoms with Crippen molar-refractivity contribution in [1.29, 1.82) is 0 Å². The molecule has 3 fully saturated rings. The first-order valence-corrected chi connectivity index (χ1v) is 8.75. The number of amides is 1. The van der Waals surface area contributed by atoms with Gasteiger partial charge in [0.05, 0.1) is 15.6 Å². The molecule has 0 saturated carbocycles. The minimum absolute atomic E-state index is 0.0143. The summed E-state index contributed by atoms with van der Waals surface area (Å²) in [6, 6.07) is 4.22. The number of nitro benzene ring substituents is 1. The van der Waals surface area contributed by atoms with Crippen LogP contribution in [0.3, 0.4) is 0 Å². The third-order valence-electron chi connectivity index (χ3n) is 4.73. The number of hydrogen-bond acceptors (Lipinski definition) is 6. The number of nitrogens with one attached hydrogen (secondary N) is 2. The summed E-state index contributed by atoms with van der Waals surface area (Å²) in [5, 5.41) is 16.7. The summed E-state index contributed by atoms with van der Waals surface area (Å²) in [5.74, 6) is 0.479. The summed E-state index contributed by atoms with van der Waals surface area (Å²) >= 11 is 6.00. The Morgan fingerprint density at radius 2 is 2.12 bits per heavy atom. The van der Waals surface area contributed by atoms with Crippen LogP contribution in [-0.2, 0) is 4.74 Å². The molecular formula is C16H21ClN4O4. The lowest BCUT2D eigenvalue weighted by molar-refractivity contribution is -0.384. The minimum Gasteiger partial charge on any atom is -0.445 e. The summed E-state index contributed by atoms with van der Waals surface area (Å²) in [5.41, 5.74) is 0.523. The number of benzene rings is 1. The second-order valence-corrected chi connectivity index (χ2v) is 6.76. The van der Waals surface area contributed by atoms with Gasteiger partial charge in [0.15, 0.2) is 0 Å². The van der Waals surface area contributed by atoms with Crippen molar-refractivity contribution in [2.75, 3.05) is 38.0 Å². The lowest BCUT2D eigenvalue weighted by Gasteiger charge is -2.43. The van der Waals surface area contributed by atoms with Crippen LogP contribution in [0.1, 0.15) is 12.8 Å². The highest BCUT2D eigenvalue weighted by Crippen LogP contribution is 2.29. The summed E-state index contributed by atoms with van der Waals surface area (Å²) < 4.78 is 5.52. The van der Waals surface area contributed by atoms with Crippen molar-refractivity contribution in [3.8, 4) is 0 Å². The molecule has 4 rings (SSSR count). The molecule has 0 aliphatic carbocycles. The Kier molecular flexibility index (Phi) is 5.60. The summed E-state index contributed by atoms with van der Waals surface area (Å²) in [4.78, 5) is 24.4. The molecular weight excluding hydrogens is 348 g/mol. The van der Waals surface area contributed by atoms with Crippen LogP contribution in [0.25, 0.3) is 0 Å². The minimum atomic E-state index is -0.498. The zero-order chi connectivity index (χ0) is 17.8. The van der Waals surface area contributed by atoms with E-state index in [9.17, 15) is 14.9 Å².